The first kappa shape index (κ1) is 29.8. The van der Waals surface area contributed by atoms with Crippen molar-refractivity contribution in [2.75, 3.05) is 9.80 Å². The number of rotatable bonds is 3. The minimum absolute atomic E-state index is 0.175. The zero-order chi connectivity index (χ0) is 32.1. The third-order valence-corrected chi connectivity index (χ3v) is 11.2. The van der Waals surface area contributed by atoms with Gasteiger partial charge < -0.3 is 5.11 Å². The molecule has 0 aromatic heterocycles. The molecule has 7 nitrogen and oxygen atoms in total. The van der Waals surface area contributed by atoms with E-state index in [1.165, 1.54) is 9.80 Å². The molecule has 2 aliphatic carbocycles. The van der Waals surface area contributed by atoms with E-state index in [0.717, 1.165) is 22.3 Å². The number of benzene rings is 3. The largest absolute Gasteiger partial charge is 0.507 e. The molecule has 0 radical (unpaired) electrons. The number of hydrogen-bond acceptors (Lipinski definition) is 5. The molecule has 0 bridgehead atoms. The Hall–Kier alpha value is -3.94. The molecule has 1 N–H and O–H groups in total. The van der Waals surface area contributed by atoms with Crippen LogP contribution in [0.5, 0.6) is 5.75 Å². The maximum atomic E-state index is 14.3. The number of imide groups is 2. The van der Waals surface area contributed by atoms with Gasteiger partial charge in [0.2, 0.25) is 23.6 Å². The maximum Gasteiger partial charge on any atom is 0.238 e. The highest BCUT2D eigenvalue weighted by atomic mass is 35.5. The van der Waals surface area contributed by atoms with Gasteiger partial charge in [-0.05, 0) is 98.5 Å². The van der Waals surface area contributed by atoms with Gasteiger partial charge in [-0.3, -0.25) is 19.2 Å². The number of amides is 4. The predicted octanol–water partition coefficient (Wildman–Crippen LogP) is 6.98. The Morgan fingerprint density at radius 1 is 0.644 bits per heavy atom. The first-order valence-electron chi connectivity index (χ1n) is 15.2. The fourth-order valence-corrected chi connectivity index (χ4v) is 8.43. The summed E-state index contributed by atoms with van der Waals surface area (Å²) in [5.41, 5.74) is 5.53. The van der Waals surface area contributed by atoms with Crippen LogP contribution >= 0.6 is 23.2 Å². The van der Waals surface area contributed by atoms with Gasteiger partial charge in [-0.25, -0.2) is 9.80 Å². The van der Waals surface area contributed by atoms with E-state index >= 15 is 0 Å². The van der Waals surface area contributed by atoms with Crippen LogP contribution in [-0.4, -0.2) is 28.7 Å². The Morgan fingerprint density at radius 3 is 1.69 bits per heavy atom. The fourth-order valence-electron chi connectivity index (χ4n) is 8.08. The van der Waals surface area contributed by atoms with Crippen molar-refractivity contribution in [2.45, 2.75) is 46.5 Å². The smallest absolute Gasteiger partial charge is 0.238 e. The lowest BCUT2D eigenvalue weighted by molar-refractivity contribution is -0.126. The van der Waals surface area contributed by atoms with Crippen molar-refractivity contribution in [3.63, 3.8) is 0 Å². The number of carbonyl (C=O) groups is 4. The number of aromatic hydroxyl groups is 1. The van der Waals surface area contributed by atoms with E-state index < -0.39 is 35.5 Å². The van der Waals surface area contributed by atoms with Crippen molar-refractivity contribution in [3.05, 3.63) is 98.0 Å². The van der Waals surface area contributed by atoms with Crippen LogP contribution in [0.25, 0.3) is 0 Å². The van der Waals surface area contributed by atoms with E-state index in [1.54, 1.807) is 50.2 Å². The summed E-state index contributed by atoms with van der Waals surface area (Å²) >= 11 is 12.8. The molecule has 1 saturated carbocycles. The third-order valence-electron chi connectivity index (χ3n) is 10.3. The van der Waals surface area contributed by atoms with Gasteiger partial charge in [-0.15, -0.1) is 0 Å². The summed E-state index contributed by atoms with van der Waals surface area (Å²) in [4.78, 5) is 59.0. The van der Waals surface area contributed by atoms with Crippen molar-refractivity contribution >= 4 is 58.2 Å². The van der Waals surface area contributed by atoms with Gasteiger partial charge >= 0.3 is 0 Å². The van der Waals surface area contributed by atoms with Crippen molar-refractivity contribution < 1.29 is 24.3 Å². The molecule has 0 unspecified atom stereocenters. The standard InChI is InChI=1S/C36H32Cl2N2O5/c1-16-5-7-21(13-27(16)37)39-33(42)24-10-9-23-25(30(24)35(39)44)15-26-31(29(23)20-11-18(3)32(41)19(4)12-20)36(45)40(34(26)43)22-8-6-17(2)28(38)14-22/h5-9,11-14,24-26,29-31,41H,10,15H2,1-4H3/t24-,25+,26+,29-,30-,31+/m0/s1. The number of halogens is 2. The molecule has 2 heterocycles. The summed E-state index contributed by atoms with van der Waals surface area (Å²) in [7, 11) is 0. The summed E-state index contributed by atoms with van der Waals surface area (Å²) in [5.74, 6) is -4.67. The molecule has 4 amide bonds. The molecule has 6 atom stereocenters. The summed E-state index contributed by atoms with van der Waals surface area (Å²) in [6, 6.07) is 14.0. The number of phenolic OH excluding ortho intramolecular Hbond substituents is 1. The number of fused-ring (bicyclic) bond motifs is 4. The number of nitrogens with zero attached hydrogens (tertiary/aromatic N) is 2. The SMILES string of the molecule is Cc1ccc(N2C(=O)[C@H]3[C@H](CC=C4[C@H]3C[C@H]3C(=O)N(c5ccc(C)c(Cl)c5)C(=O)[C@H]3[C@H]4c3cc(C)c(O)c(C)c3)C2=O)cc1Cl. The molecule has 230 valence electrons. The molecule has 4 aliphatic rings. The van der Waals surface area contributed by atoms with Crippen LogP contribution in [0.3, 0.4) is 0 Å². The van der Waals surface area contributed by atoms with Gasteiger partial charge in [-0.2, -0.15) is 0 Å². The number of carbonyl (C=O) groups excluding carboxylic acids is 4. The lowest BCUT2D eigenvalue weighted by Crippen LogP contribution is -2.43. The van der Waals surface area contributed by atoms with Gasteiger partial charge in [0.1, 0.15) is 5.75 Å². The van der Waals surface area contributed by atoms with Gasteiger partial charge in [0, 0.05) is 16.0 Å². The predicted molar refractivity (Wildman–Crippen MR) is 172 cm³/mol. The highest BCUT2D eigenvalue weighted by Gasteiger charge is 2.62. The molecule has 0 spiro atoms. The lowest BCUT2D eigenvalue weighted by atomic mass is 9.57. The first-order valence-corrected chi connectivity index (χ1v) is 15.9. The topological polar surface area (TPSA) is 95.0 Å². The molecule has 3 aromatic rings. The highest BCUT2D eigenvalue weighted by Crippen LogP contribution is 2.59. The minimum atomic E-state index is -0.709. The Bertz CT molecular complexity index is 1860. The second-order valence-electron chi connectivity index (χ2n) is 12.9. The van der Waals surface area contributed by atoms with Gasteiger partial charge in [0.15, 0.2) is 0 Å². The van der Waals surface area contributed by atoms with E-state index in [0.29, 0.717) is 39.0 Å². The second-order valence-corrected chi connectivity index (χ2v) is 13.7. The monoisotopic (exact) mass is 642 g/mol. The zero-order valence-electron chi connectivity index (χ0n) is 25.3. The number of allylic oxidation sites excluding steroid dienone is 2. The van der Waals surface area contributed by atoms with E-state index in [9.17, 15) is 24.3 Å². The van der Waals surface area contributed by atoms with Gasteiger partial charge in [-0.1, -0.05) is 59.1 Å². The number of hydrogen-bond donors (Lipinski definition) is 1. The van der Waals surface area contributed by atoms with Crippen molar-refractivity contribution in [1.82, 2.24) is 0 Å². The summed E-state index contributed by atoms with van der Waals surface area (Å²) in [6.07, 6.45) is 2.64. The molecule has 3 aromatic carbocycles. The second kappa shape index (κ2) is 10.6. The Kier molecular flexibility index (Phi) is 6.99. The molecule has 3 fully saturated rings. The minimum Gasteiger partial charge on any atom is -0.507 e. The number of aryl methyl sites for hydroxylation is 4. The molecule has 9 heteroatoms. The van der Waals surface area contributed by atoms with Crippen LogP contribution < -0.4 is 9.80 Å². The highest BCUT2D eigenvalue weighted by molar-refractivity contribution is 6.33. The van der Waals surface area contributed by atoms with Crippen LogP contribution in [0, 0.1) is 57.3 Å². The van der Waals surface area contributed by atoms with E-state index in [1.807, 2.05) is 32.1 Å². The number of phenols is 1. The lowest BCUT2D eigenvalue weighted by Gasteiger charge is -2.44. The van der Waals surface area contributed by atoms with Crippen LogP contribution in [0.1, 0.15) is 46.6 Å². The van der Waals surface area contributed by atoms with Gasteiger partial charge in [0.25, 0.3) is 0 Å². The Morgan fingerprint density at radius 2 is 1.16 bits per heavy atom. The van der Waals surface area contributed by atoms with Crippen LogP contribution in [-0.2, 0) is 19.2 Å². The summed E-state index contributed by atoms with van der Waals surface area (Å²) in [6.45, 7) is 7.32. The first-order chi connectivity index (χ1) is 21.4. The molecule has 45 heavy (non-hydrogen) atoms. The average Bonchev–Trinajstić information content (AvgIpc) is 3.41. The maximum absolute atomic E-state index is 14.3. The zero-order valence-corrected chi connectivity index (χ0v) is 26.8. The normalized spacial score (nSPS) is 27.5. The Labute approximate surface area is 271 Å². The molecular formula is C36H32Cl2N2O5. The van der Waals surface area contributed by atoms with E-state index in [4.69, 9.17) is 23.2 Å². The van der Waals surface area contributed by atoms with Crippen LogP contribution in [0.15, 0.2) is 60.2 Å². The molecular weight excluding hydrogens is 611 g/mol. The molecule has 2 aliphatic heterocycles. The quantitative estimate of drug-likeness (QED) is 0.246. The fraction of sp³-hybridized carbons (Fsp3) is 0.333. The summed E-state index contributed by atoms with van der Waals surface area (Å²) in [5, 5.41) is 11.5. The van der Waals surface area contributed by atoms with Crippen molar-refractivity contribution in [1.29, 1.82) is 0 Å². The van der Waals surface area contributed by atoms with Gasteiger partial charge in [0.05, 0.1) is 35.0 Å². The molecule has 2 saturated heterocycles. The average molecular weight is 644 g/mol. The van der Waals surface area contributed by atoms with Crippen LogP contribution in [0.4, 0.5) is 11.4 Å². The summed E-state index contributed by atoms with van der Waals surface area (Å²) < 4.78 is 0. The third kappa shape index (κ3) is 4.38. The Balaban J connectivity index is 1.35. The van der Waals surface area contributed by atoms with E-state index in [-0.39, 0.29) is 35.8 Å². The van der Waals surface area contributed by atoms with Crippen molar-refractivity contribution in [2.24, 2.45) is 29.6 Å². The van der Waals surface area contributed by atoms with Crippen LogP contribution in [0.2, 0.25) is 10.0 Å². The van der Waals surface area contributed by atoms with Crippen molar-refractivity contribution in [3.8, 4) is 5.75 Å². The molecule has 7 rings (SSSR count). The number of anilines is 2. The van der Waals surface area contributed by atoms with E-state index in [2.05, 4.69) is 0 Å².